The number of benzene rings is 1. The van der Waals surface area contributed by atoms with E-state index in [2.05, 4.69) is 10.6 Å². The summed E-state index contributed by atoms with van der Waals surface area (Å²) >= 11 is 1.29. The summed E-state index contributed by atoms with van der Waals surface area (Å²) < 4.78 is 23.2. The molecule has 8 heteroatoms. The maximum absolute atomic E-state index is 12.7. The van der Waals surface area contributed by atoms with Crippen molar-refractivity contribution in [3.8, 4) is 0 Å². The Balaban J connectivity index is 1.76. The molecule has 2 atom stereocenters. The molecule has 0 saturated carbocycles. The Hall–Kier alpha value is -2.19. The van der Waals surface area contributed by atoms with Gasteiger partial charge in [0.05, 0.1) is 16.4 Å². The van der Waals surface area contributed by atoms with E-state index in [1.165, 1.54) is 11.3 Å². The van der Waals surface area contributed by atoms with Crippen LogP contribution in [0.1, 0.15) is 27.7 Å². The van der Waals surface area contributed by atoms with Gasteiger partial charge in [-0.2, -0.15) is 0 Å². The third-order valence-electron chi connectivity index (χ3n) is 3.99. The minimum Gasteiger partial charge on any atom is -0.350 e. The van der Waals surface area contributed by atoms with Crippen LogP contribution in [0.25, 0.3) is 0 Å². The fourth-order valence-corrected chi connectivity index (χ4v) is 5.05. The molecule has 3 rings (SSSR count). The van der Waals surface area contributed by atoms with Gasteiger partial charge < -0.3 is 10.6 Å². The minimum absolute atomic E-state index is 0.0564. The third-order valence-corrected chi connectivity index (χ3v) is 6.63. The fraction of sp³-hybridized carbons (Fsp3) is 0.294. The monoisotopic (exact) mass is 378 g/mol. The van der Waals surface area contributed by atoms with Crippen LogP contribution >= 0.6 is 11.3 Å². The lowest BCUT2D eigenvalue weighted by Gasteiger charge is -2.20. The number of nitrogens with one attached hydrogen (secondary N) is 2. The van der Waals surface area contributed by atoms with Gasteiger partial charge in [-0.3, -0.25) is 9.59 Å². The van der Waals surface area contributed by atoms with Crippen LogP contribution in [0, 0.1) is 0 Å². The average Bonchev–Trinajstić information content (AvgIpc) is 3.23. The number of sulfone groups is 1. The highest BCUT2D eigenvalue weighted by Gasteiger charge is 2.32. The Labute approximate surface area is 150 Å². The first-order valence-corrected chi connectivity index (χ1v) is 10.5. The number of carbonyl (C=O) groups excluding carboxylic acids is 2. The Morgan fingerprint density at radius 3 is 2.48 bits per heavy atom. The quantitative estimate of drug-likeness (QED) is 0.825. The van der Waals surface area contributed by atoms with Crippen LogP contribution in [-0.2, 0) is 14.6 Å². The lowest BCUT2D eigenvalue weighted by atomic mass is 10.1. The van der Waals surface area contributed by atoms with Crippen molar-refractivity contribution in [2.24, 2.45) is 0 Å². The molecule has 6 nitrogen and oxygen atoms in total. The predicted molar refractivity (Wildman–Crippen MR) is 96.2 cm³/mol. The molecule has 0 spiro atoms. The number of rotatable bonds is 5. The summed E-state index contributed by atoms with van der Waals surface area (Å²) in [7, 11) is -3.09. The second-order valence-corrected chi connectivity index (χ2v) is 9.08. The van der Waals surface area contributed by atoms with E-state index in [1.54, 1.807) is 41.8 Å². The van der Waals surface area contributed by atoms with Crippen LogP contribution in [-0.4, -0.2) is 37.8 Å². The Morgan fingerprint density at radius 2 is 1.88 bits per heavy atom. The molecule has 1 saturated heterocycles. The van der Waals surface area contributed by atoms with Crippen molar-refractivity contribution in [1.29, 1.82) is 0 Å². The third kappa shape index (κ3) is 4.46. The van der Waals surface area contributed by atoms with E-state index in [1.807, 2.05) is 6.07 Å². The van der Waals surface area contributed by atoms with E-state index < -0.39 is 27.8 Å². The maximum Gasteiger partial charge on any atom is 0.262 e. The Kier molecular flexibility index (Phi) is 5.19. The average molecular weight is 378 g/mol. The van der Waals surface area contributed by atoms with Crippen molar-refractivity contribution in [1.82, 2.24) is 10.6 Å². The molecule has 1 aromatic heterocycles. The highest BCUT2D eigenvalue weighted by atomic mass is 32.2. The highest BCUT2D eigenvalue weighted by molar-refractivity contribution is 7.91. The normalized spacial score (nSPS) is 19.9. The maximum atomic E-state index is 12.7. The van der Waals surface area contributed by atoms with Gasteiger partial charge in [-0.25, -0.2) is 8.42 Å². The van der Waals surface area contributed by atoms with Crippen molar-refractivity contribution in [3.05, 3.63) is 58.3 Å². The summed E-state index contributed by atoms with van der Waals surface area (Å²) in [4.78, 5) is 25.6. The molecule has 2 heterocycles. The zero-order chi connectivity index (χ0) is 17.9. The zero-order valence-corrected chi connectivity index (χ0v) is 15.0. The lowest BCUT2D eigenvalue weighted by molar-refractivity contribution is -0.123. The van der Waals surface area contributed by atoms with Crippen molar-refractivity contribution in [2.45, 2.75) is 18.5 Å². The van der Waals surface area contributed by atoms with Crippen molar-refractivity contribution >= 4 is 33.0 Å². The number of thiophene rings is 1. The molecule has 2 aromatic rings. The predicted octanol–water partition coefficient (Wildman–Crippen LogP) is 1.52. The number of amides is 2. The molecule has 1 aliphatic rings. The number of carbonyl (C=O) groups is 2. The number of hydrogen-bond donors (Lipinski definition) is 2. The second-order valence-electron chi connectivity index (χ2n) is 5.90. The number of hydrogen-bond acceptors (Lipinski definition) is 5. The smallest absolute Gasteiger partial charge is 0.262 e. The fourth-order valence-electron chi connectivity index (χ4n) is 2.75. The largest absolute Gasteiger partial charge is 0.350 e. The van der Waals surface area contributed by atoms with E-state index in [9.17, 15) is 18.0 Å². The Bertz CT molecular complexity index is 848. The van der Waals surface area contributed by atoms with Gasteiger partial charge in [0, 0.05) is 6.04 Å². The van der Waals surface area contributed by atoms with Crippen LogP contribution in [0.3, 0.4) is 0 Å². The molecule has 0 bridgehead atoms. The Morgan fingerprint density at radius 1 is 1.12 bits per heavy atom. The zero-order valence-electron chi connectivity index (χ0n) is 13.3. The van der Waals surface area contributed by atoms with Crippen molar-refractivity contribution in [2.75, 3.05) is 11.5 Å². The molecule has 1 aliphatic heterocycles. The summed E-state index contributed by atoms with van der Waals surface area (Å²) in [6.45, 7) is 0. The van der Waals surface area contributed by atoms with E-state index in [4.69, 9.17) is 0 Å². The standard InChI is InChI=1S/C17H18N2O4S2/c20-16(14-7-4-9-24-14)19-15(12-5-2-1-3-6-12)17(21)18-13-8-10-25(22,23)11-13/h1-7,9,13,15H,8,10-11H2,(H,18,21)(H,19,20). The molecule has 1 aromatic carbocycles. The van der Waals surface area contributed by atoms with Crippen LogP contribution < -0.4 is 10.6 Å². The molecule has 132 valence electrons. The van der Waals surface area contributed by atoms with Gasteiger partial charge in [0.15, 0.2) is 9.84 Å². The SMILES string of the molecule is O=C(NC(C(=O)NC1CCS(=O)(=O)C1)c1ccccc1)c1cccs1. The molecular formula is C17H18N2O4S2. The lowest BCUT2D eigenvalue weighted by Crippen LogP contribution is -2.44. The van der Waals surface area contributed by atoms with Gasteiger partial charge in [-0.1, -0.05) is 36.4 Å². The van der Waals surface area contributed by atoms with Crippen LogP contribution in [0.4, 0.5) is 0 Å². The first-order chi connectivity index (χ1) is 11.9. The minimum atomic E-state index is -3.09. The molecular weight excluding hydrogens is 360 g/mol. The second kappa shape index (κ2) is 7.37. The van der Waals surface area contributed by atoms with Crippen molar-refractivity contribution < 1.29 is 18.0 Å². The first-order valence-electron chi connectivity index (χ1n) is 7.85. The summed E-state index contributed by atoms with van der Waals surface area (Å²) in [5.74, 6) is -0.717. The van der Waals surface area contributed by atoms with Gasteiger partial charge in [-0.05, 0) is 23.4 Å². The van der Waals surface area contributed by atoms with Crippen LogP contribution in [0.5, 0.6) is 0 Å². The molecule has 2 unspecified atom stereocenters. The topological polar surface area (TPSA) is 92.3 Å². The summed E-state index contributed by atoms with van der Waals surface area (Å²) in [6.07, 6.45) is 0.397. The molecule has 1 fully saturated rings. The summed E-state index contributed by atoms with van der Waals surface area (Å²) in [6, 6.07) is 11.1. The summed E-state index contributed by atoms with van der Waals surface area (Å²) in [5, 5.41) is 7.28. The highest BCUT2D eigenvalue weighted by Crippen LogP contribution is 2.18. The van der Waals surface area contributed by atoms with Gasteiger partial charge >= 0.3 is 0 Å². The van der Waals surface area contributed by atoms with Gasteiger partial charge in [0.2, 0.25) is 5.91 Å². The van der Waals surface area contributed by atoms with Gasteiger partial charge in [0.25, 0.3) is 5.91 Å². The van der Waals surface area contributed by atoms with Gasteiger partial charge in [-0.15, -0.1) is 11.3 Å². The summed E-state index contributed by atoms with van der Waals surface area (Å²) in [5.41, 5.74) is 0.644. The van der Waals surface area contributed by atoms with Gasteiger partial charge in [0.1, 0.15) is 6.04 Å². The molecule has 0 radical (unpaired) electrons. The van der Waals surface area contributed by atoms with Crippen LogP contribution in [0.2, 0.25) is 0 Å². The van der Waals surface area contributed by atoms with E-state index >= 15 is 0 Å². The van der Waals surface area contributed by atoms with E-state index in [-0.39, 0.29) is 17.4 Å². The van der Waals surface area contributed by atoms with E-state index in [0.717, 1.165) is 0 Å². The first kappa shape index (κ1) is 17.6. The molecule has 2 amide bonds. The van der Waals surface area contributed by atoms with Crippen LogP contribution in [0.15, 0.2) is 47.8 Å². The molecule has 2 N–H and O–H groups in total. The van der Waals surface area contributed by atoms with Crippen molar-refractivity contribution in [3.63, 3.8) is 0 Å². The molecule has 25 heavy (non-hydrogen) atoms. The van der Waals surface area contributed by atoms with E-state index in [0.29, 0.717) is 16.9 Å². The molecule has 0 aliphatic carbocycles.